The zero-order valence-corrected chi connectivity index (χ0v) is 19.4. The molecule has 178 valence electrons. The average Bonchev–Trinajstić information content (AvgIpc) is 2.82. The summed E-state index contributed by atoms with van der Waals surface area (Å²) < 4.78 is 0. The van der Waals surface area contributed by atoms with Crippen LogP contribution in [0.5, 0.6) is 0 Å². The molecule has 34 heavy (non-hydrogen) atoms. The van der Waals surface area contributed by atoms with Crippen LogP contribution >= 0.6 is 11.8 Å². The summed E-state index contributed by atoms with van der Waals surface area (Å²) in [5.41, 5.74) is 1.01. The predicted octanol–water partition coefficient (Wildman–Crippen LogP) is 4.50. The van der Waals surface area contributed by atoms with Crippen LogP contribution in [-0.2, 0) is 14.4 Å². The summed E-state index contributed by atoms with van der Waals surface area (Å²) in [6.45, 7) is 1.87. The van der Waals surface area contributed by atoms with Gasteiger partial charge in [-0.3, -0.25) is 14.4 Å². The Morgan fingerprint density at radius 3 is 2.24 bits per heavy atom. The van der Waals surface area contributed by atoms with Crippen molar-refractivity contribution >= 4 is 46.9 Å². The molecule has 3 unspecified atom stereocenters. The van der Waals surface area contributed by atoms with Gasteiger partial charge in [0, 0.05) is 16.3 Å². The summed E-state index contributed by atoms with van der Waals surface area (Å²) in [4.78, 5) is 48.9. The van der Waals surface area contributed by atoms with E-state index < -0.39 is 29.0 Å². The molecule has 3 atom stereocenters. The van der Waals surface area contributed by atoms with E-state index in [1.54, 1.807) is 36.4 Å². The summed E-state index contributed by atoms with van der Waals surface area (Å²) in [7, 11) is 0. The van der Waals surface area contributed by atoms with Crippen LogP contribution in [0.25, 0.3) is 0 Å². The largest absolute Gasteiger partial charge is 0.481 e. The highest BCUT2D eigenvalue weighted by atomic mass is 32.2. The minimum Gasteiger partial charge on any atom is -0.481 e. The van der Waals surface area contributed by atoms with E-state index in [-0.39, 0.29) is 17.4 Å². The molecule has 2 amide bonds. The van der Waals surface area contributed by atoms with Crippen molar-refractivity contribution < 1.29 is 29.4 Å². The van der Waals surface area contributed by atoms with Gasteiger partial charge in [0.1, 0.15) is 0 Å². The molecule has 0 spiro atoms. The van der Waals surface area contributed by atoms with Gasteiger partial charge in [-0.2, -0.15) is 0 Å². The van der Waals surface area contributed by atoms with Crippen molar-refractivity contribution in [1.82, 2.24) is 0 Å². The zero-order chi connectivity index (χ0) is 24.7. The monoisotopic (exact) mass is 482 g/mol. The van der Waals surface area contributed by atoms with Crippen LogP contribution in [0.3, 0.4) is 0 Å². The lowest BCUT2D eigenvalue weighted by Crippen LogP contribution is -2.34. The molecular weight excluding hydrogens is 456 g/mol. The number of carbonyl (C=O) groups is 4. The Hall–Kier alpha value is -3.59. The summed E-state index contributed by atoms with van der Waals surface area (Å²) in [6.07, 6.45) is 4.84. The maximum absolute atomic E-state index is 12.8. The molecule has 0 bridgehead atoms. The van der Waals surface area contributed by atoms with E-state index in [0.717, 1.165) is 4.90 Å². The van der Waals surface area contributed by atoms with Crippen LogP contribution < -0.4 is 10.6 Å². The van der Waals surface area contributed by atoms with E-state index in [1.165, 1.54) is 23.9 Å². The molecule has 3 rings (SSSR count). The van der Waals surface area contributed by atoms with Gasteiger partial charge in [0.15, 0.2) is 0 Å². The summed E-state index contributed by atoms with van der Waals surface area (Å²) in [5, 5.41) is 23.7. The number of carboxylic acids is 2. The number of benzene rings is 2. The normalized spacial score (nSPS) is 18.0. The summed E-state index contributed by atoms with van der Waals surface area (Å²) >= 11 is 1.32. The molecule has 0 fully saturated rings. The fourth-order valence-corrected chi connectivity index (χ4v) is 4.71. The van der Waals surface area contributed by atoms with Crippen LogP contribution in [0.15, 0.2) is 65.6 Å². The van der Waals surface area contributed by atoms with Crippen molar-refractivity contribution in [1.29, 1.82) is 0 Å². The molecule has 0 aliphatic heterocycles. The Morgan fingerprint density at radius 2 is 1.59 bits per heavy atom. The lowest BCUT2D eigenvalue weighted by molar-refractivity contribution is -0.146. The van der Waals surface area contributed by atoms with E-state index in [4.69, 9.17) is 5.11 Å². The standard InChI is InChI=1S/C25H26N2O6S/c1-2-21(23(29)27-16-8-5-7-15(13-16)24(30)31)34-18-10-6-9-17(14-18)26-22(28)19-11-3-4-12-20(19)25(32)33/h3-10,13-14,19-21H,2,11-12H2,1H3,(H,26,28)(H,27,29)(H,30,31)(H,32,33). The minimum absolute atomic E-state index is 0.0838. The number of carboxylic acid groups (broad SMARTS) is 2. The molecule has 8 nitrogen and oxygen atoms in total. The second-order valence-electron chi connectivity index (χ2n) is 7.90. The fraction of sp³-hybridized carbons (Fsp3) is 0.280. The molecule has 4 N–H and O–H groups in total. The Bertz CT molecular complexity index is 1120. The predicted molar refractivity (Wildman–Crippen MR) is 130 cm³/mol. The van der Waals surface area contributed by atoms with Crippen LogP contribution in [0, 0.1) is 11.8 Å². The molecule has 0 aromatic heterocycles. The zero-order valence-electron chi connectivity index (χ0n) is 18.6. The molecule has 9 heteroatoms. The molecular formula is C25H26N2O6S. The molecule has 0 heterocycles. The first-order valence-corrected chi connectivity index (χ1v) is 11.8. The molecule has 2 aromatic carbocycles. The van der Waals surface area contributed by atoms with Gasteiger partial charge in [-0.05, 0) is 55.7 Å². The lowest BCUT2D eigenvalue weighted by atomic mass is 9.82. The van der Waals surface area contributed by atoms with Gasteiger partial charge in [-0.1, -0.05) is 31.2 Å². The third-order valence-corrected chi connectivity index (χ3v) is 6.86. The highest BCUT2D eigenvalue weighted by Gasteiger charge is 2.34. The van der Waals surface area contributed by atoms with Crippen molar-refractivity contribution in [3.8, 4) is 0 Å². The van der Waals surface area contributed by atoms with Crippen molar-refractivity contribution in [2.45, 2.75) is 36.3 Å². The van der Waals surface area contributed by atoms with Crippen LogP contribution in [0.1, 0.15) is 36.5 Å². The lowest BCUT2D eigenvalue weighted by Gasteiger charge is -2.24. The van der Waals surface area contributed by atoms with Gasteiger partial charge in [0.05, 0.1) is 22.6 Å². The number of aliphatic carboxylic acids is 1. The smallest absolute Gasteiger partial charge is 0.335 e. The highest BCUT2D eigenvalue weighted by molar-refractivity contribution is 8.00. The first-order chi connectivity index (χ1) is 16.3. The van der Waals surface area contributed by atoms with Crippen molar-refractivity contribution in [3.05, 3.63) is 66.2 Å². The molecule has 2 aromatic rings. The van der Waals surface area contributed by atoms with E-state index in [0.29, 0.717) is 30.6 Å². The third-order valence-electron chi connectivity index (χ3n) is 5.51. The molecule has 0 radical (unpaired) electrons. The Kier molecular flexibility index (Phi) is 8.48. The van der Waals surface area contributed by atoms with Gasteiger partial charge >= 0.3 is 11.9 Å². The molecule has 0 saturated heterocycles. The number of aromatic carboxylic acids is 1. The van der Waals surface area contributed by atoms with E-state index in [1.807, 2.05) is 19.1 Å². The van der Waals surface area contributed by atoms with Gasteiger partial charge in [0.2, 0.25) is 11.8 Å². The number of thioether (sulfide) groups is 1. The number of nitrogens with one attached hydrogen (secondary N) is 2. The van der Waals surface area contributed by atoms with Crippen LogP contribution in [0.2, 0.25) is 0 Å². The highest BCUT2D eigenvalue weighted by Crippen LogP contribution is 2.30. The van der Waals surface area contributed by atoms with Gasteiger partial charge < -0.3 is 20.8 Å². The Labute approximate surface area is 201 Å². The quantitative estimate of drug-likeness (QED) is 0.305. The van der Waals surface area contributed by atoms with Gasteiger partial charge in [-0.15, -0.1) is 11.8 Å². The van der Waals surface area contributed by atoms with Crippen molar-refractivity contribution in [2.75, 3.05) is 10.6 Å². The molecule has 1 aliphatic rings. The first kappa shape index (κ1) is 25.0. The summed E-state index contributed by atoms with van der Waals surface area (Å²) in [5.74, 6) is -4.07. The second kappa shape index (κ2) is 11.5. The summed E-state index contributed by atoms with van der Waals surface area (Å²) in [6, 6.07) is 13.1. The van der Waals surface area contributed by atoms with E-state index in [9.17, 15) is 24.3 Å². The average molecular weight is 483 g/mol. The van der Waals surface area contributed by atoms with Crippen molar-refractivity contribution in [3.63, 3.8) is 0 Å². The van der Waals surface area contributed by atoms with E-state index >= 15 is 0 Å². The number of anilines is 2. The SMILES string of the molecule is CCC(Sc1cccc(NC(=O)C2CC=CCC2C(=O)O)c1)C(=O)Nc1cccc(C(=O)O)c1. The number of allylic oxidation sites excluding steroid dienone is 2. The number of carbonyl (C=O) groups excluding carboxylic acids is 2. The maximum atomic E-state index is 12.8. The second-order valence-corrected chi connectivity index (χ2v) is 9.18. The Balaban J connectivity index is 1.66. The van der Waals surface area contributed by atoms with E-state index in [2.05, 4.69) is 10.6 Å². The maximum Gasteiger partial charge on any atom is 0.335 e. The minimum atomic E-state index is -1.07. The fourth-order valence-electron chi connectivity index (χ4n) is 3.70. The van der Waals surface area contributed by atoms with Crippen LogP contribution in [-0.4, -0.2) is 39.2 Å². The number of amides is 2. The third kappa shape index (κ3) is 6.48. The van der Waals surface area contributed by atoms with Crippen LogP contribution in [0.4, 0.5) is 11.4 Å². The Morgan fingerprint density at radius 1 is 0.941 bits per heavy atom. The van der Waals surface area contributed by atoms with Gasteiger partial charge in [-0.25, -0.2) is 4.79 Å². The molecule has 1 aliphatic carbocycles. The number of hydrogen-bond acceptors (Lipinski definition) is 5. The van der Waals surface area contributed by atoms with Gasteiger partial charge in [0.25, 0.3) is 0 Å². The topological polar surface area (TPSA) is 133 Å². The number of hydrogen-bond donors (Lipinski definition) is 4. The van der Waals surface area contributed by atoms with Crippen molar-refractivity contribution in [2.24, 2.45) is 11.8 Å². The first-order valence-electron chi connectivity index (χ1n) is 10.9. The molecule has 0 saturated carbocycles. The number of rotatable bonds is 9.